The summed E-state index contributed by atoms with van der Waals surface area (Å²) in [6, 6.07) is 9.56. The summed E-state index contributed by atoms with van der Waals surface area (Å²) in [6.07, 6.45) is 1.66. The highest BCUT2D eigenvalue weighted by Crippen LogP contribution is 2.36. The summed E-state index contributed by atoms with van der Waals surface area (Å²) in [5.41, 5.74) is 0.769. The van der Waals surface area contributed by atoms with Crippen molar-refractivity contribution in [3.8, 4) is 0 Å². The van der Waals surface area contributed by atoms with E-state index in [-0.39, 0.29) is 36.9 Å². The maximum Gasteiger partial charge on any atom is 0.316 e. The molecule has 0 saturated carbocycles. The van der Waals surface area contributed by atoms with E-state index in [2.05, 4.69) is 4.90 Å². The van der Waals surface area contributed by atoms with Gasteiger partial charge in [0.2, 0.25) is 0 Å². The van der Waals surface area contributed by atoms with Crippen molar-refractivity contribution in [2.45, 2.75) is 49.5 Å². The molecule has 5 nitrogen and oxygen atoms in total. The third-order valence-corrected chi connectivity index (χ3v) is 5.05. The molecule has 0 aliphatic carbocycles. The second kappa shape index (κ2) is 6.36. The molecule has 0 amide bonds. The first-order valence-electron chi connectivity index (χ1n) is 7.86. The molecule has 0 spiro atoms. The van der Waals surface area contributed by atoms with Crippen molar-refractivity contribution in [3.05, 3.63) is 35.9 Å². The Bertz CT molecular complexity index is 521. The van der Waals surface area contributed by atoms with Gasteiger partial charge in [0, 0.05) is 24.9 Å². The number of aliphatic hydroxyl groups is 2. The number of likely N-dealkylation sites (N-methyl/N-ethyl adjacent to an activating group) is 1. The van der Waals surface area contributed by atoms with E-state index >= 15 is 0 Å². The molecule has 5 atom stereocenters. The normalized spacial score (nSPS) is 32.7. The van der Waals surface area contributed by atoms with Crippen molar-refractivity contribution >= 4 is 5.97 Å². The maximum atomic E-state index is 12.4. The van der Waals surface area contributed by atoms with Crippen LogP contribution in [0.15, 0.2) is 30.3 Å². The van der Waals surface area contributed by atoms with Crippen LogP contribution < -0.4 is 0 Å². The van der Waals surface area contributed by atoms with Crippen LogP contribution in [0.1, 0.15) is 30.7 Å². The molecular formula is C17H23NO4. The van der Waals surface area contributed by atoms with E-state index in [1.807, 2.05) is 37.4 Å². The van der Waals surface area contributed by atoms with E-state index in [1.165, 1.54) is 0 Å². The number of nitrogens with zero attached hydrogens (tertiary/aromatic N) is 1. The Kier molecular flexibility index (Phi) is 4.47. The Labute approximate surface area is 130 Å². The van der Waals surface area contributed by atoms with Gasteiger partial charge in [0.25, 0.3) is 0 Å². The largest absolute Gasteiger partial charge is 0.462 e. The van der Waals surface area contributed by atoms with Crippen LogP contribution in [-0.4, -0.2) is 59.0 Å². The molecule has 2 aliphatic rings. The van der Waals surface area contributed by atoms with E-state index in [9.17, 15) is 15.0 Å². The molecule has 1 aromatic carbocycles. The highest BCUT2D eigenvalue weighted by molar-refractivity contribution is 5.78. The van der Waals surface area contributed by atoms with Gasteiger partial charge in [0.15, 0.2) is 0 Å². The summed E-state index contributed by atoms with van der Waals surface area (Å²) < 4.78 is 5.64. The van der Waals surface area contributed by atoms with Crippen molar-refractivity contribution in [1.82, 2.24) is 4.90 Å². The van der Waals surface area contributed by atoms with Crippen LogP contribution >= 0.6 is 0 Å². The highest BCUT2D eigenvalue weighted by atomic mass is 16.5. The summed E-state index contributed by atoms with van der Waals surface area (Å²) in [4.78, 5) is 14.6. The summed E-state index contributed by atoms with van der Waals surface area (Å²) in [5.74, 6) is -1.01. The smallest absolute Gasteiger partial charge is 0.316 e. The Morgan fingerprint density at radius 3 is 2.68 bits per heavy atom. The van der Waals surface area contributed by atoms with Crippen LogP contribution in [0, 0.1) is 0 Å². The van der Waals surface area contributed by atoms with Crippen molar-refractivity contribution in [3.63, 3.8) is 0 Å². The molecule has 2 N–H and O–H groups in total. The number of aliphatic hydroxyl groups excluding tert-OH is 2. The van der Waals surface area contributed by atoms with Gasteiger partial charge in [0.05, 0.1) is 12.7 Å². The monoisotopic (exact) mass is 305 g/mol. The maximum absolute atomic E-state index is 12.4. The number of hydrogen-bond donors (Lipinski definition) is 2. The number of hydrogen-bond acceptors (Lipinski definition) is 5. The summed E-state index contributed by atoms with van der Waals surface area (Å²) in [7, 11) is 2.02. The molecule has 22 heavy (non-hydrogen) atoms. The second-order valence-electron chi connectivity index (χ2n) is 6.37. The van der Waals surface area contributed by atoms with Gasteiger partial charge in [0.1, 0.15) is 12.0 Å². The van der Waals surface area contributed by atoms with E-state index in [0.717, 1.165) is 18.4 Å². The van der Waals surface area contributed by atoms with Crippen LogP contribution in [0.2, 0.25) is 0 Å². The van der Waals surface area contributed by atoms with Gasteiger partial charge in [-0.1, -0.05) is 30.3 Å². The molecule has 2 fully saturated rings. The van der Waals surface area contributed by atoms with Gasteiger partial charge in [-0.3, -0.25) is 9.69 Å². The lowest BCUT2D eigenvalue weighted by Gasteiger charge is -2.36. The Hall–Kier alpha value is -1.43. The standard InChI is InChI=1S/C17H23NO4/c1-18-12-7-13(9-15(18)16(20)8-12)22-17(21)14(10-19)11-5-3-2-4-6-11/h2-6,12-16,19-20H,7-10H2,1H3/t12-,13-,14-,15+,16+/m1/s1. The SMILES string of the molecule is CN1[C@@H]2C[C@@H](OC(=O)[C@H](CO)c3ccccc3)C[C@H]1[C@@H](O)C2. The second-order valence-corrected chi connectivity index (χ2v) is 6.37. The minimum Gasteiger partial charge on any atom is -0.462 e. The van der Waals surface area contributed by atoms with Crippen LogP contribution in [0.3, 0.4) is 0 Å². The summed E-state index contributed by atoms with van der Waals surface area (Å²) in [5, 5.41) is 19.6. The quantitative estimate of drug-likeness (QED) is 0.809. The van der Waals surface area contributed by atoms with Crippen molar-refractivity contribution in [1.29, 1.82) is 0 Å². The van der Waals surface area contributed by atoms with Gasteiger partial charge in [-0.15, -0.1) is 0 Å². The molecule has 2 heterocycles. The van der Waals surface area contributed by atoms with Crippen molar-refractivity contribution < 1.29 is 19.7 Å². The lowest BCUT2D eigenvalue weighted by molar-refractivity contribution is -0.155. The zero-order chi connectivity index (χ0) is 15.7. The van der Waals surface area contributed by atoms with Crippen molar-refractivity contribution in [2.24, 2.45) is 0 Å². The number of ether oxygens (including phenoxy) is 1. The number of piperidine rings is 1. The van der Waals surface area contributed by atoms with Gasteiger partial charge in [-0.2, -0.15) is 0 Å². The summed E-state index contributed by atoms with van der Waals surface area (Å²) >= 11 is 0. The first kappa shape index (κ1) is 15.5. The van der Waals surface area contributed by atoms with E-state index in [0.29, 0.717) is 6.42 Å². The number of esters is 1. The van der Waals surface area contributed by atoms with Gasteiger partial charge in [-0.05, 0) is 19.0 Å². The number of carbonyl (C=O) groups is 1. The first-order chi connectivity index (χ1) is 10.6. The fourth-order valence-corrected chi connectivity index (χ4v) is 3.74. The molecule has 3 rings (SSSR count). The number of rotatable bonds is 4. The third kappa shape index (κ3) is 2.89. The average Bonchev–Trinajstić information content (AvgIpc) is 2.68. The highest BCUT2D eigenvalue weighted by Gasteiger charge is 2.45. The molecule has 0 radical (unpaired) electrons. The minimum atomic E-state index is -0.636. The van der Waals surface area contributed by atoms with E-state index in [4.69, 9.17) is 4.74 Å². The average molecular weight is 305 g/mol. The molecule has 2 saturated heterocycles. The lowest BCUT2D eigenvalue weighted by Crippen LogP contribution is -2.45. The molecule has 0 aromatic heterocycles. The fraction of sp³-hybridized carbons (Fsp3) is 0.588. The van der Waals surface area contributed by atoms with Crippen molar-refractivity contribution in [2.75, 3.05) is 13.7 Å². The molecule has 120 valence electrons. The molecule has 2 bridgehead atoms. The van der Waals surface area contributed by atoms with Crippen LogP contribution in [0.5, 0.6) is 0 Å². The predicted octanol–water partition coefficient (Wildman–Crippen LogP) is 0.902. The predicted molar refractivity (Wildman–Crippen MR) is 81.3 cm³/mol. The van der Waals surface area contributed by atoms with Crippen LogP contribution in [0.25, 0.3) is 0 Å². The molecule has 2 aliphatic heterocycles. The first-order valence-corrected chi connectivity index (χ1v) is 7.86. The van der Waals surface area contributed by atoms with E-state index < -0.39 is 5.92 Å². The number of fused-ring (bicyclic) bond motifs is 2. The summed E-state index contributed by atoms with van der Waals surface area (Å²) in [6.45, 7) is -0.259. The zero-order valence-corrected chi connectivity index (χ0v) is 12.8. The lowest BCUT2D eigenvalue weighted by atomic mass is 9.98. The Morgan fingerprint density at radius 1 is 1.32 bits per heavy atom. The van der Waals surface area contributed by atoms with Gasteiger partial charge >= 0.3 is 5.97 Å². The minimum absolute atomic E-state index is 0.0702. The topological polar surface area (TPSA) is 70.0 Å². The Balaban J connectivity index is 1.65. The zero-order valence-electron chi connectivity index (χ0n) is 12.8. The van der Waals surface area contributed by atoms with Crippen LogP contribution in [0.4, 0.5) is 0 Å². The van der Waals surface area contributed by atoms with Crippen LogP contribution in [-0.2, 0) is 9.53 Å². The molecule has 5 heteroatoms. The third-order valence-electron chi connectivity index (χ3n) is 5.05. The van der Waals surface area contributed by atoms with Gasteiger partial charge < -0.3 is 14.9 Å². The Morgan fingerprint density at radius 2 is 2.05 bits per heavy atom. The van der Waals surface area contributed by atoms with Gasteiger partial charge in [-0.25, -0.2) is 0 Å². The molecular weight excluding hydrogens is 282 g/mol. The van der Waals surface area contributed by atoms with E-state index in [1.54, 1.807) is 0 Å². The molecule has 1 aromatic rings. The fourth-order valence-electron chi connectivity index (χ4n) is 3.74. The molecule has 0 unspecified atom stereocenters. The number of benzene rings is 1. The number of carbonyl (C=O) groups excluding carboxylic acids is 1.